The molecule has 6 nitrogen and oxygen atoms in total. The van der Waals surface area contributed by atoms with Crippen molar-refractivity contribution >= 4 is 28.3 Å². The van der Waals surface area contributed by atoms with Gasteiger partial charge in [0.25, 0.3) is 0 Å². The van der Waals surface area contributed by atoms with Crippen LogP contribution in [0, 0.1) is 11.3 Å². The third-order valence-corrected chi connectivity index (χ3v) is 5.88. The molecule has 0 atom stereocenters. The van der Waals surface area contributed by atoms with Crippen molar-refractivity contribution in [1.82, 2.24) is 10.2 Å². The number of amides is 2. The fourth-order valence-corrected chi connectivity index (χ4v) is 4.14. The van der Waals surface area contributed by atoms with Crippen molar-refractivity contribution in [3.8, 4) is 6.07 Å². The monoisotopic (exact) mass is 426 g/mol. The molecule has 1 fully saturated rings. The number of nitrogens with zero attached hydrogens (tertiary/aromatic N) is 3. The van der Waals surface area contributed by atoms with Crippen molar-refractivity contribution < 1.29 is 9.59 Å². The molecule has 0 saturated carbocycles. The molecule has 4 rings (SSSR count). The zero-order valence-corrected chi connectivity index (χ0v) is 18.0. The molecule has 0 radical (unpaired) electrons. The van der Waals surface area contributed by atoms with E-state index in [0.29, 0.717) is 18.7 Å². The van der Waals surface area contributed by atoms with Crippen molar-refractivity contribution in [3.63, 3.8) is 0 Å². The quantitative estimate of drug-likeness (QED) is 0.680. The fraction of sp³-hybridized carbons (Fsp3) is 0.269. The van der Waals surface area contributed by atoms with Crippen molar-refractivity contribution in [2.45, 2.75) is 12.8 Å². The van der Waals surface area contributed by atoms with Crippen LogP contribution in [0.15, 0.2) is 66.7 Å². The summed E-state index contributed by atoms with van der Waals surface area (Å²) in [5.74, 6) is -0.207. The molecule has 0 unspecified atom stereocenters. The van der Waals surface area contributed by atoms with E-state index in [9.17, 15) is 9.59 Å². The lowest BCUT2D eigenvalue weighted by Crippen LogP contribution is -2.42. The zero-order valence-electron chi connectivity index (χ0n) is 18.0. The van der Waals surface area contributed by atoms with Gasteiger partial charge >= 0.3 is 0 Å². The first-order valence-electron chi connectivity index (χ1n) is 10.9. The van der Waals surface area contributed by atoms with Gasteiger partial charge in [0.15, 0.2) is 0 Å². The number of carbonyl (C=O) groups is 2. The Hall–Kier alpha value is -3.85. The summed E-state index contributed by atoms with van der Waals surface area (Å²) in [5.41, 5.74) is 2.65. The van der Waals surface area contributed by atoms with Crippen LogP contribution in [0.5, 0.6) is 0 Å². The van der Waals surface area contributed by atoms with Gasteiger partial charge < -0.3 is 15.1 Å². The van der Waals surface area contributed by atoms with Crippen LogP contribution in [0.1, 0.15) is 17.5 Å². The number of hydrogen-bond donors (Lipinski definition) is 1. The van der Waals surface area contributed by atoms with Crippen LogP contribution in [0.3, 0.4) is 0 Å². The van der Waals surface area contributed by atoms with Crippen LogP contribution in [0.4, 0.5) is 5.69 Å². The second kappa shape index (κ2) is 9.97. The average Bonchev–Trinajstić information content (AvgIpc) is 3.09. The Morgan fingerprint density at radius 2 is 1.69 bits per heavy atom. The molecule has 6 heteroatoms. The van der Waals surface area contributed by atoms with Crippen molar-refractivity contribution in [1.29, 1.82) is 5.26 Å². The molecule has 1 N–H and O–H groups in total. The average molecular weight is 427 g/mol. The summed E-state index contributed by atoms with van der Waals surface area (Å²) in [6.45, 7) is 2.87. The number of hydrogen-bond acceptors (Lipinski definition) is 4. The van der Waals surface area contributed by atoms with E-state index in [1.165, 1.54) is 0 Å². The van der Waals surface area contributed by atoms with E-state index in [1.54, 1.807) is 0 Å². The summed E-state index contributed by atoms with van der Waals surface area (Å²) >= 11 is 0. The maximum atomic E-state index is 12.7. The Balaban J connectivity index is 1.29. The molecule has 0 spiro atoms. The minimum absolute atomic E-state index is 0.0144. The van der Waals surface area contributed by atoms with Crippen molar-refractivity contribution in [3.05, 3.63) is 77.9 Å². The Kier molecular flexibility index (Phi) is 6.66. The zero-order chi connectivity index (χ0) is 22.3. The molecule has 32 heavy (non-hydrogen) atoms. The highest BCUT2D eigenvalue weighted by atomic mass is 16.2. The van der Waals surface area contributed by atoms with E-state index in [0.717, 1.165) is 41.5 Å². The third kappa shape index (κ3) is 5.06. The van der Waals surface area contributed by atoms with Gasteiger partial charge in [0, 0.05) is 31.9 Å². The molecule has 3 aromatic rings. The molecule has 1 saturated heterocycles. The van der Waals surface area contributed by atoms with E-state index >= 15 is 0 Å². The van der Waals surface area contributed by atoms with Gasteiger partial charge in [-0.2, -0.15) is 5.26 Å². The summed E-state index contributed by atoms with van der Waals surface area (Å²) in [6.07, 6.45) is 1.11. The van der Waals surface area contributed by atoms with Crippen molar-refractivity contribution in [2.75, 3.05) is 37.6 Å². The van der Waals surface area contributed by atoms with Gasteiger partial charge in [-0.15, -0.1) is 0 Å². The van der Waals surface area contributed by atoms with Crippen LogP contribution < -0.4 is 10.2 Å². The largest absolute Gasteiger partial charge is 0.370 e. The normalized spacial score (nSPS) is 14.0. The lowest BCUT2D eigenvalue weighted by Gasteiger charge is -2.24. The van der Waals surface area contributed by atoms with Gasteiger partial charge in [0.1, 0.15) is 0 Å². The summed E-state index contributed by atoms with van der Waals surface area (Å²) in [4.78, 5) is 29.2. The smallest absolute Gasteiger partial charge is 0.242 e. The van der Waals surface area contributed by atoms with E-state index in [4.69, 9.17) is 5.26 Å². The summed E-state index contributed by atoms with van der Waals surface area (Å²) in [5, 5.41) is 13.9. The SMILES string of the molecule is N#Cc1ccc(N2CCCN(C(=O)CNC(=O)Cc3cccc4ccccc34)CC2)cc1. The van der Waals surface area contributed by atoms with Gasteiger partial charge in [0.2, 0.25) is 11.8 Å². The molecular formula is C26H26N4O2. The highest BCUT2D eigenvalue weighted by molar-refractivity contribution is 5.91. The van der Waals surface area contributed by atoms with Crippen LogP contribution >= 0.6 is 0 Å². The number of anilines is 1. The van der Waals surface area contributed by atoms with E-state index in [-0.39, 0.29) is 24.8 Å². The second-order valence-corrected chi connectivity index (χ2v) is 7.97. The van der Waals surface area contributed by atoms with Gasteiger partial charge in [-0.05, 0) is 47.0 Å². The van der Waals surface area contributed by atoms with E-state index in [2.05, 4.69) is 16.3 Å². The predicted octanol–water partition coefficient (Wildman–Crippen LogP) is 3.11. The van der Waals surface area contributed by atoms with E-state index < -0.39 is 0 Å². The van der Waals surface area contributed by atoms with Crippen molar-refractivity contribution in [2.24, 2.45) is 0 Å². The Bertz CT molecular complexity index is 1150. The minimum atomic E-state index is -0.149. The fourth-order valence-electron chi connectivity index (χ4n) is 4.14. The molecule has 3 aromatic carbocycles. The highest BCUT2D eigenvalue weighted by Gasteiger charge is 2.20. The van der Waals surface area contributed by atoms with Crippen LogP contribution in [0.25, 0.3) is 10.8 Å². The predicted molar refractivity (Wildman–Crippen MR) is 125 cm³/mol. The molecule has 162 valence electrons. The van der Waals surface area contributed by atoms with Gasteiger partial charge in [0.05, 0.1) is 24.6 Å². The van der Waals surface area contributed by atoms with Gasteiger partial charge in [-0.3, -0.25) is 9.59 Å². The molecular weight excluding hydrogens is 400 g/mol. The molecule has 0 aliphatic carbocycles. The second-order valence-electron chi connectivity index (χ2n) is 7.97. The Morgan fingerprint density at radius 1 is 0.906 bits per heavy atom. The van der Waals surface area contributed by atoms with E-state index in [1.807, 2.05) is 71.6 Å². The van der Waals surface area contributed by atoms with Gasteiger partial charge in [-0.25, -0.2) is 0 Å². The van der Waals surface area contributed by atoms with Gasteiger partial charge in [-0.1, -0.05) is 42.5 Å². The number of nitrogens with one attached hydrogen (secondary N) is 1. The summed E-state index contributed by atoms with van der Waals surface area (Å²) < 4.78 is 0. The first-order valence-corrected chi connectivity index (χ1v) is 10.9. The maximum absolute atomic E-state index is 12.7. The Labute approximate surface area is 188 Å². The standard InChI is InChI=1S/C26H26N4O2/c27-18-20-9-11-23(12-10-20)29-13-4-14-30(16-15-29)26(32)19-28-25(31)17-22-7-3-6-21-5-1-2-8-24(21)22/h1-3,5-12H,4,13-17,19H2,(H,28,31). The summed E-state index contributed by atoms with van der Waals surface area (Å²) in [7, 11) is 0. The number of carbonyl (C=O) groups excluding carboxylic acids is 2. The highest BCUT2D eigenvalue weighted by Crippen LogP contribution is 2.19. The Morgan fingerprint density at radius 3 is 2.50 bits per heavy atom. The topological polar surface area (TPSA) is 76.4 Å². The molecule has 0 bridgehead atoms. The lowest BCUT2D eigenvalue weighted by molar-refractivity contribution is -0.132. The molecule has 1 aliphatic heterocycles. The minimum Gasteiger partial charge on any atom is -0.370 e. The third-order valence-electron chi connectivity index (χ3n) is 5.88. The molecule has 0 aromatic heterocycles. The first-order chi connectivity index (χ1) is 15.6. The first kappa shape index (κ1) is 21.4. The van der Waals surface area contributed by atoms with Crippen LogP contribution in [-0.2, 0) is 16.0 Å². The number of benzene rings is 3. The van der Waals surface area contributed by atoms with Crippen LogP contribution in [0.2, 0.25) is 0 Å². The number of rotatable bonds is 5. The van der Waals surface area contributed by atoms with Crippen LogP contribution in [-0.4, -0.2) is 49.4 Å². The lowest BCUT2D eigenvalue weighted by atomic mass is 10.0. The molecule has 1 aliphatic rings. The summed E-state index contributed by atoms with van der Waals surface area (Å²) in [6, 6.07) is 23.6. The molecule has 2 amide bonds. The maximum Gasteiger partial charge on any atom is 0.242 e. The number of nitriles is 1. The number of fused-ring (bicyclic) bond motifs is 1. The molecule has 1 heterocycles.